The first-order valence-electron chi connectivity index (χ1n) is 12.9. The Labute approximate surface area is 205 Å². The molecule has 0 aliphatic heterocycles. The smallest absolute Gasteiger partial charge is 0.222 e. The summed E-state index contributed by atoms with van der Waals surface area (Å²) in [7, 11) is 0. The van der Waals surface area contributed by atoms with Crippen molar-refractivity contribution in [2.24, 2.45) is 5.41 Å². The maximum absolute atomic E-state index is 12.3. The number of hydrogen-bond acceptors (Lipinski definition) is 5. The lowest BCUT2D eigenvalue weighted by molar-refractivity contribution is -0.123. The summed E-state index contributed by atoms with van der Waals surface area (Å²) >= 11 is 0. The predicted octanol–water partition coefficient (Wildman–Crippen LogP) is 5.48. The van der Waals surface area contributed by atoms with E-state index in [0.29, 0.717) is 19.6 Å². The lowest BCUT2D eigenvalue weighted by atomic mass is 9.89. The van der Waals surface area contributed by atoms with Gasteiger partial charge in [-0.1, -0.05) is 20.8 Å². The average Bonchev–Trinajstić information content (AvgIpc) is 2.63. The van der Waals surface area contributed by atoms with Crippen molar-refractivity contribution >= 4 is 5.91 Å². The second-order valence-electron chi connectivity index (χ2n) is 12.7. The summed E-state index contributed by atoms with van der Waals surface area (Å²) < 4.78 is 17.1. The van der Waals surface area contributed by atoms with Gasteiger partial charge in [0, 0.05) is 37.3 Å². The van der Waals surface area contributed by atoms with Gasteiger partial charge in [-0.05, 0) is 92.5 Å². The average molecular weight is 473 g/mol. The highest BCUT2D eigenvalue weighted by atomic mass is 16.5. The van der Waals surface area contributed by atoms with Gasteiger partial charge in [0.2, 0.25) is 5.91 Å². The number of hydrogen-bond donors (Lipinski definition) is 2. The Kier molecular flexibility index (Phi) is 15.0. The fourth-order valence-corrected chi connectivity index (χ4v) is 3.15. The summed E-state index contributed by atoms with van der Waals surface area (Å²) in [5.74, 6) is 0.0535. The lowest BCUT2D eigenvalue weighted by Gasteiger charge is -2.33. The molecule has 0 bridgehead atoms. The number of amides is 1. The van der Waals surface area contributed by atoms with Crippen LogP contribution >= 0.6 is 0 Å². The van der Waals surface area contributed by atoms with Gasteiger partial charge in [-0.15, -0.1) is 0 Å². The Morgan fingerprint density at radius 3 is 1.88 bits per heavy atom. The fraction of sp³-hybridized carbons (Fsp3) is 0.963. The summed E-state index contributed by atoms with van der Waals surface area (Å²) in [6.45, 7) is 25.8. The van der Waals surface area contributed by atoms with Gasteiger partial charge in [0.15, 0.2) is 0 Å². The Bertz CT molecular complexity index is 519. The van der Waals surface area contributed by atoms with Crippen molar-refractivity contribution < 1.29 is 19.0 Å². The molecule has 0 fully saturated rings. The summed E-state index contributed by atoms with van der Waals surface area (Å²) in [6, 6.07) is 0. The SMILES string of the molecule is CC(C)(C)COCCCNC(C)(C)CCC(C)(C)NC(=O)CCOCCCCOC(C)(C)C. The van der Waals surface area contributed by atoms with E-state index >= 15 is 0 Å². The summed E-state index contributed by atoms with van der Waals surface area (Å²) in [5, 5.41) is 6.80. The minimum atomic E-state index is -0.240. The second kappa shape index (κ2) is 15.3. The first-order valence-corrected chi connectivity index (χ1v) is 12.9. The first kappa shape index (κ1) is 32.3. The topological polar surface area (TPSA) is 68.8 Å². The number of nitrogens with one attached hydrogen (secondary N) is 2. The molecule has 0 saturated carbocycles. The molecule has 0 spiro atoms. The first-order chi connectivity index (χ1) is 15.0. The van der Waals surface area contributed by atoms with E-state index < -0.39 is 0 Å². The summed E-state index contributed by atoms with van der Waals surface area (Å²) in [4.78, 5) is 12.3. The predicted molar refractivity (Wildman–Crippen MR) is 139 cm³/mol. The third kappa shape index (κ3) is 22.8. The van der Waals surface area contributed by atoms with Crippen LogP contribution in [-0.4, -0.2) is 62.2 Å². The second-order valence-corrected chi connectivity index (χ2v) is 12.7. The monoisotopic (exact) mass is 472 g/mol. The summed E-state index contributed by atoms with van der Waals surface area (Å²) in [6.07, 6.45) is 5.23. The van der Waals surface area contributed by atoms with Crippen molar-refractivity contribution in [3.05, 3.63) is 0 Å². The van der Waals surface area contributed by atoms with E-state index in [2.05, 4.69) is 79.9 Å². The van der Waals surface area contributed by atoms with Crippen molar-refractivity contribution in [2.75, 3.05) is 39.6 Å². The van der Waals surface area contributed by atoms with Gasteiger partial charge in [-0.25, -0.2) is 0 Å². The zero-order chi connectivity index (χ0) is 25.6. The number of carbonyl (C=O) groups excluding carboxylic acids is 1. The van der Waals surface area contributed by atoms with Gasteiger partial charge < -0.3 is 24.8 Å². The molecule has 0 radical (unpaired) electrons. The standard InChI is InChI=1S/C27H56N2O4/c1-24(2,3)22-32-19-13-17-28-26(7,8)15-16-27(9,10)29-23(30)14-21-31-18-11-12-20-33-25(4,5)6/h28H,11-22H2,1-10H3,(H,29,30). The molecule has 0 aromatic carbocycles. The molecule has 0 aliphatic carbocycles. The molecule has 0 rings (SSSR count). The molecule has 0 aromatic heterocycles. The largest absolute Gasteiger partial charge is 0.381 e. The van der Waals surface area contributed by atoms with Crippen LogP contribution in [0.1, 0.15) is 108 Å². The van der Waals surface area contributed by atoms with E-state index in [1.807, 2.05) is 0 Å². The van der Waals surface area contributed by atoms with E-state index in [9.17, 15) is 4.79 Å². The molecule has 0 atom stereocenters. The fourth-order valence-electron chi connectivity index (χ4n) is 3.15. The molecule has 0 heterocycles. The van der Waals surface area contributed by atoms with Gasteiger partial charge in [0.1, 0.15) is 0 Å². The minimum Gasteiger partial charge on any atom is -0.381 e. The van der Waals surface area contributed by atoms with Crippen LogP contribution in [0.3, 0.4) is 0 Å². The molecule has 6 nitrogen and oxygen atoms in total. The molecule has 0 saturated heterocycles. The van der Waals surface area contributed by atoms with E-state index in [-0.39, 0.29) is 28.0 Å². The van der Waals surface area contributed by atoms with Crippen molar-refractivity contribution in [1.29, 1.82) is 0 Å². The van der Waals surface area contributed by atoms with E-state index in [1.165, 1.54) is 0 Å². The van der Waals surface area contributed by atoms with Crippen molar-refractivity contribution in [1.82, 2.24) is 10.6 Å². The third-order valence-electron chi connectivity index (χ3n) is 5.15. The van der Waals surface area contributed by atoms with Crippen LogP contribution in [0.4, 0.5) is 0 Å². The molecule has 0 aliphatic rings. The number of ether oxygens (including phenoxy) is 3. The van der Waals surface area contributed by atoms with Crippen molar-refractivity contribution in [2.45, 2.75) is 124 Å². The Hall–Kier alpha value is -0.690. The Morgan fingerprint density at radius 2 is 1.27 bits per heavy atom. The molecule has 2 N–H and O–H groups in total. The van der Waals surface area contributed by atoms with E-state index in [4.69, 9.17) is 14.2 Å². The minimum absolute atomic E-state index is 0.0197. The van der Waals surface area contributed by atoms with Crippen molar-refractivity contribution in [3.8, 4) is 0 Å². The van der Waals surface area contributed by atoms with Gasteiger partial charge >= 0.3 is 0 Å². The van der Waals surface area contributed by atoms with Crippen LogP contribution in [0.2, 0.25) is 0 Å². The van der Waals surface area contributed by atoms with Gasteiger partial charge in [-0.3, -0.25) is 4.79 Å². The maximum atomic E-state index is 12.3. The van der Waals surface area contributed by atoms with Crippen LogP contribution in [0.5, 0.6) is 0 Å². The summed E-state index contributed by atoms with van der Waals surface area (Å²) in [5.41, 5.74) is -0.0872. The third-order valence-corrected chi connectivity index (χ3v) is 5.15. The zero-order valence-electron chi connectivity index (χ0n) is 23.6. The van der Waals surface area contributed by atoms with Crippen LogP contribution < -0.4 is 10.6 Å². The highest BCUT2D eigenvalue weighted by molar-refractivity contribution is 5.76. The van der Waals surface area contributed by atoms with Gasteiger partial charge in [-0.2, -0.15) is 0 Å². The van der Waals surface area contributed by atoms with Gasteiger partial charge in [0.25, 0.3) is 0 Å². The quantitative estimate of drug-likeness (QED) is 0.258. The van der Waals surface area contributed by atoms with Gasteiger partial charge in [0.05, 0.1) is 18.8 Å². The number of unbranched alkanes of at least 4 members (excludes halogenated alkanes) is 1. The highest BCUT2D eigenvalue weighted by Gasteiger charge is 2.25. The zero-order valence-corrected chi connectivity index (χ0v) is 23.6. The van der Waals surface area contributed by atoms with Crippen molar-refractivity contribution in [3.63, 3.8) is 0 Å². The number of carbonyl (C=O) groups is 1. The van der Waals surface area contributed by atoms with E-state index in [1.54, 1.807) is 0 Å². The lowest BCUT2D eigenvalue weighted by Crippen LogP contribution is -2.47. The van der Waals surface area contributed by atoms with E-state index in [0.717, 1.165) is 58.5 Å². The molecule has 0 unspecified atom stereocenters. The molecule has 198 valence electrons. The maximum Gasteiger partial charge on any atom is 0.222 e. The highest BCUT2D eigenvalue weighted by Crippen LogP contribution is 2.19. The molecule has 0 aromatic rings. The van der Waals surface area contributed by atoms with Crippen LogP contribution in [-0.2, 0) is 19.0 Å². The van der Waals surface area contributed by atoms with Crippen LogP contribution in [0.25, 0.3) is 0 Å². The Balaban J connectivity index is 3.91. The molecular weight excluding hydrogens is 416 g/mol. The molecule has 1 amide bonds. The van der Waals surface area contributed by atoms with Crippen LogP contribution in [0, 0.1) is 5.41 Å². The molecule has 33 heavy (non-hydrogen) atoms. The normalized spacial score (nSPS) is 13.4. The molecular formula is C27H56N2O4. The molecule has 6 heteroatoms. The Morgan fingerprint density at radius 1 is 0.697 bits per heavy atom. The number of rotatable bonds is 18. The van der Waals surface area contributed by atoms with Crippen LogP contribution in [0.15, 0.2) is 0 Å².